The molecule has 4 aliphatic heterocycles. The normalized spacial score (nSPS) is 32.8. The van der Waals surface area contributed by atoms with Gasteiger partial charge in [0.05, 0.1) is 23.0 Å². The number of rotatable bonds is 10. The van der Waals surface area contributed by atoms with Crippen molar-refractivity contribution in [2.24, 2.45) is 29.6 Å². The smallest absolute Gasteiger partial charge is 0.246 e. The lowest BCUT2D eigenvalue weighted by atomic mass is 9.73. The molecule has 4 fully saturated rings. The average molecular weight is 691 g/mol. The molecule has 49 heavy (non-hydrogen) atoms. The maximum atomic E-state index is 14.4. The van der Waals surface area contributed by atoms with Crippen molar-refractivity contribution in [3.8, 4) is 0 Å². The number of halogens is 2. The number of anilines is 1. The van der Waals surface area contributed by atoms with Gasteiger partial charge in [0.15, 0.2) is 0 Å². The van der Waals surface area contributed by atoms with Gasteiger partial charge in [-0.05, 0) is 93.3 Å². The number of hydrogen-bond acceptors (Lipinski definition) is 5. The molecule has 1 aliphatic carbocycles. The highest BCUT2D eigenvalue weighted by Gasteiger charge is 2.72. The summed E-state index contributed by atoms with van der Waals surface area (Å²) in [6, 6.07) is 13.8. The van der Waals surface area contributed by atoms with E-state index in [1.165, 1.54) is 23.8 Å². The third-order valence-electron chi connectivity index (χ3n) is 12.1. The highest BCUT2D eigenvalue weighted by atomic mass is 35.5. The van der Waals surface area contributed by atoms with E-state index in [-0.39, 0.29) is 22.9 Å². The summed E-state index contributed by atoms with van der Waals surface area (Å²) >= 11 is 5.98. The van der Waals surface area contributed by atoms with Crippen molar-refractivity contribution in [3.05, 3.63) is 77.1 Å². The van der Waals surface area contributed by atoms with Crippen molar-refractivity contribution in [2.45, 2.75) is 82.6 Å². The molecule has 2 aromatic rings. The molecule has 0 unspecified atom stereocenters. The van der Waals surface area contributed by atoms with Gasteiger partial charge >= 0.3 is 0 Å². The first kappa shape index (κ1) is 34.2. The minimum absolute atomic E-state index is 0.0192. The van der Waals surface area contributed by atoms with Crippen molar-refractivity contribution >= 4 is 35.0 Å². The van der Waals surface area contributed by atoms with Crippen LogP contribution in [0.4, 0.5) is 10.1 Å². The number of carbonyl (C=O) groups is 3. The monoisotopic (exact) mass is 690 g/mol. The van der Waals surface area contributed by atoms with Crippen molar-refractivity contribution in [1.29, 1.82) is 0 Å². The molecule has 1 saturated carbocycles. The van der Waals surface area contributed by atoms with Crippen LogP contribution in [-0.4, -0.2) is 77.5 Å². The number of carbonyl (C=O) groups excluding carboxylic acids is 3. The van der Waals surface area contributed by atoms with Gasteiger partial charge in [0.25, 0.3) is 0 Å². The van der Waals surface area contributed by atoms with Crippen LogP contribution in [0.15, 0.2) is 60.7 Å². The number of nitrogens with one attached hydrogen (secondary N) is 2. The van der Waals surface area contributed by atoms with Gasteiger partial charge in [-0.3, -0.25) is 14.4 Å². The average Bonchev–Trinajstić information content (AvgIpc) is 3.73. The third-order valence-corrected chi connectivity index (χ3v) is 12.4. The largest absolute Gasteiger partial charge is 0.359 e. The summed E-state index contributed by atoms with van der Waals surface area (Å²) < 4.78 is 20.3. The molecule has 10 heteroatoms. The van der Waals surface area contributed by atoms with Crippen LogP contribution in [0, 0.1) is 35.4 Å². The summed E-state index contributed by atoms with van der Waals surface area (Å²) in [6.07, 6.45) is 10.2. The van der Waals surface area contributed by atoms with E-state index in [2.05, 4.69) is 59.7 Å². The highest BCUT2D eigenvalue weighted by Crippen LogP contribution is 2.55. The Balaban J connectivity index is 1.06. The number of benzene rings is 2. The number of fused-ring (bicyclic) bond motifs is 1. The molecule has 7 rings (SSSR count). The topological polar surface area (TPSA) is 91.0 Å². The van der Waals surface area contributed by atoms with Gasteiger partial charge in [0.2, 0.25) is 17.7 Å². The Kier molecular flexibility index (Phi) is 9.88. The fraction of sp³-hybridized carbons (Fsp3) is 0.564. The fourth-order valence-electron chi connectivity index (χ4n) is 9.18. The van der Waals surface area contributed by atoms with Crippen LogP contribution in [0.1, 0.15) is 57.9 Å². The van der Waals surface area contributed by atoms with E-state index in [1.54, 1.807) is 4.90 Å². The predicted octanol–water partition coefficient (Wildman–Crippen LogP) is 5.85. The lowest BCUT2D eigenvalue weighted by Crippen LogP contribution is -2.58. The van der Waals surface area contributed by atoms with E-state index < -0.39 is 41.3 Å². The van der Waals surface area contributed by atoms with Crippen molar-refractivity contribution < 1.29 is 23.5 Å². The van der Waals surface area contributed by atoms with E-state index in [9.17, 15) is 18.8 Å². The molecule has 4 heterocycles. The molecule has 8 atom stereocenters. The van der Waals surface area contributed by atoms with Crippen molar-refractivity contribution in [3.63, 3.8) is 0 Å². The molecule has 3 amide bonds. The van der Waals surface area contributed by atoms with Gasteiger partial charge in [-0.15, -0.1) is 0 Å². The van der Waals surface area contributed by atoms with Crippen LogP contribution < -0.4 is 10.6 Å². The van der Waals surface area contributed by atoms with Gasteiger partial charge < -0.3 is 25.2 Å². The summed E-state index contributed by atoms with van der Waals surface area (Å²) in [5, 5.41) is 6.05. The Bertz CT molecular complexity index is 1580. The summed E-state index contributed by atoms with van der Waals surface area (Å²) in [5.74, 6) is -1.62. The highest BCUT2D eigenvalue weighted by molar-refractivity contribution is 6.31. The van der Waals surface area contributed by atoms with E-state index in [0.29, 0.717) is 30.0 Å². The molecule has 2 bridgehead atoms. The number of ether oxygens (including phenoxy) is 1. The zero-order valence-electron chi connectivity index (χ0n) is 28.5. The minimum Gasteiger partial charge on any atom is -0.359 e. The van der Waals surface area contributed by atoms with Crippen LogP contribution in [0.2, 0.25) is 5.02 Å². The van der Waals surface area contributed by atoms with Gasteiger partial charge in [0, 0.05) is 18.3 Å². The SMILES string of the molecule is C[C@@H]1[C@H](C)CCC[C@@H]1NC(=O)[C@@H]1N(CCCN2CCC(Cc3ccccc3)CC2)C(=O)[C@H]2[C@@H](C(=O)Nc3ccc(F)c(Cl)c3)[C@H]3C=C[C@@]12O3. The van der Waals surface area contributed by atoms with Crippen LogP contribution in [0.3, 0.4) is 0 Å². The number of nitrogens with zero attached hydrogens (tertiary/aromatic N) is 2. The van der Waals surface area contributed by atoms with Crippen LogP contribution >= 0.6 is 11.6 Å². The number of amides is 3. The Hall–Kier alpha value is -3.27. The van der Waals surface area contributed by atoms with Gasteiger partial charge in [-0.1, -0.05) is 80.8 Å². The molecule has 0 aromatic heterocycles. The lowest BCUT2D eigenvalue weighted by Gasteiger charge is -2.38. The molecule has 262 valence electrons. The molecule has 2 aromatic carbocycles. The van der Waals surface area contributed by atoms with Crippen LogP contribution in [0.5, 0.6) is 0 Å². The molecular formula is C39H48ClFN4O4. The summed E-state index contributed by atoms with van der Waals surface area (Å²) in [4.78, 5) is 46.7. The van der Waals surface area contributed by atoms with E-state index in [0.717, 1.165) is 64.6 Å². The second-order valence-electron chi connectivity index (χ2n) is 15.1. The molecule has 5 aliphatic rings. The van der Waals surface area contributed by atoms with Crippen LogP contribution in [-0.2, 0) is 25.5 Å². The van der Waals surface area contributed by atoms with Gasteiger partial charge in [0.1, 0.15) is 17.5 Å². The zero-order valence-corrected chi connectivity index (χ0v) is 29.2. The Morgan fingerprint density at radius 3 is 2.55 bits per heavy atom. The second-order valence-corrected chi connectivity index (χ2v) is 15.5. The zero-order chi connectivity index (χ0) is 34.3. The first-order chi connectivity index (χ1) is 23.6. The molecule has 2 N–H and O–H groups in total. The molecule has 3 saturated heterocycles. The van der Waals surface area contributed by atoms with E-state index in [1.807, 2.05) is 12.2 Å². The Labute approximate surface area is 293 Å². The Morgan fingerprint density at radius 1 is 1.02 bits per heavy atom. The predicted molar refractivity (Wildman–Crippen MR) is 187 cm³/mol. The summed E-state index contributed by atoms with van der Waals surface area (Å²) in [7, 11) is 0. The quantitative estimate of drug-likeness (QED) is 0.305. The summed E-state index contributed by atoms with van der Waals surface area (Å²) in [5.41, 5.74) is 0.494. The fourth-order valence-corrected chi connectivity index (χ4v) is 9.36. The van der Waals surface area contributed by atoms with Crippen LogP contribution in [0.25, 0.3) is 0 Å². The van der Waals surface area contributed by atoms with E-state index in [4.69, 9.17) is 16.3 Å². The van der Waals surface area contributed by atoms with Gasteiger partial charge in [-0.25, -0.2) is 4.39 Å². The molecular weight excluding hydrogens is 643 g/mol. The minimum atomic E-state index is -1.23. The molecule has 0 radical (unpaired) electrons. The first-order valence-electron chi connectivity index (χ1n) is 18.1. The molecule has 1 spiro atoms. The number of piperidine rings is 1. The van der Waals surface area contributed by atoms with Gasteiger partial charge in [-0.2, -0.15) is 0 Å². The summed E-state index contributed by atoms with van der Waals surface area (Å²) in [6.45, 7) is 7.69. The maximum absolute atomic E-state index is 14.4. The standard InChI is InChI=1S/C39H48ClFN4O4/c1-24-8-6-11-31(25(24)2)43-37(47)35-39-17-14-32(49-39)33(36(46)42-28-12-13-30(41)29(40)23-28)34(39)38(48)45(35)19-7-18-44-20-15-27(16-21-44)22-26-9-4-3-5-10-26/h3-5,9-10,12-14,17,23-25,27,31-35H,6-8,11,15-16,18-22H2,1-2H3,(H,42,46)(H,43,47)/t24-,25-,31+,32-,33+,34-,35+,39+/m1/s1. The maximum Gasteiger partial charge on any atom is 0.246 e. The van der Waals surface area contributed by atoms with Crippen molar-refractivity contribution in [2.75, 3.05) is 31.5 Å². The van der Waals surface area contributed by atoms with Crippen molar-refractivity contribution in [1.82, 2.24) is 15.1 Å². The molecule has 8 nitrogen and oxygen atoms in total. The first-order valence-corrected chi connectivity index (χ1v) is 18.5. The number of likely N-dealkylation sites (tertiary alicyclic amines) is 2. The van der Waals surface area contributed by atoms with E-state index >= 15 is 0 Å². The second kappa shape index (κ2) is 14.2. The third kappa shape index (κ3) is 6.66. The Morgan fingerprint density at radius 2 is 1.80 bits per heavy atom. The lowest BCUT2D eigenvalue weighted by molar-refractivity contribution is -0.141. The number of hydrogen-bond donors (Lipinski definition) is 2.